The molecule has 5 heteroatoms. The summed E-state index contributed by atoms with van der Waals surface area (Å²) in [5, 5.41) is 9.23. The molecule has 2 aromatic rings. The number of carbonyl (C=O) groups excluding carboxylic acids is 1. The second-order valence-electron chi connectivity index (χ2n) is 4.47. The van der Waals surface area contributed by atoms with E-state index in [2.05, 4.69) is 0 Å². The summed E-state index contributed by atoms with van der Waals surface area (Å²) in [5.74, 6) is 0.367. The molecule has 2 rings (SSSR count). The summed E-state index contributed by atoms with van der Waals surface area (Å²) in [6, 6.07) is 13.9. The minimum atomic E-state index is -0.235. The van der Waals surface area contributed by atoms with E-state index in [1.807, 2.05) is 0 Å². The van der Waals surface area contributed by atoms with Crippen molar-refractivity contribution < 1.29 is 14.6 Å². The van der Waals surface area contributed by atoms with Gasteiger partial charge >= 0.3 is 0 Å². The molecule has 0 aromatic heterocycles. The van der Waals surface area contributed by atoms with Crippen molar-refractivity contribution in [1.29, 1.82) is 0 Å². The molecular formula is C16H18N2O3. The third-order valence-corrected chi connectivity index (χ3v) is 3.11. The van der Waals surface area contributed by atoms with Crippen LogP contribution >= 0.6 is 0 Å². The number of amides is 1. The predicted molar refractivity (Wildman–Crippen MR) is 82.6 cm³/mol. The van der Waals surface area contributed by atoms with Gasteiger partial charge in [-0.2, -0.15) is 0 Å². The van der Waals surface area contributed by atoms with Crippen LogP contribution in [0.15, 0.2) is 48.5 Å². The van der Waals surface area contributed by atoms with Crippen molar-refractivity contribution >= 4 is 17.3 Å². The van der Waals surface area contributed by atoms with Gasteiger partial charge in [-0.15, -0.1) is 0 Å². The number of rotatable bonds is 5. The summed E-state index contributed by atoms with van der Waals surface area (Å²) >= 11 is 0. The van der Waals surface area contributed by atoms with Crippen molar-refractivity contribution in [3.05, 3.63) is 54.1 Å². The summed E-state index contributed by atoms with van der Waals surface area (Å²) < 4.78 is 5.13. The Morgan fingerprint density at radius 2 is 2.00 bits per heavy atom. The number of carbonyl (C=O) groups is 1. The van der Waals surface area contributed by atoms with E-state index in [-0.39, 0.29) is 19.1 Å². The molecular weight excluding hydrogens is 268 g/mol. The van der Waals surface area contributed by atoms with Crippen LogP contribution in [0.1, 0.15) is 10.4 Å². The first-order valence-electron chi connectivity index (χ1n) is 6.58. The lowest BCUT2D eigenvalue weighted by Crippen LogP contribution is -2.34. The number of benzene rings is 2. The van der Waals surface area contributed by atoms with Crippen molar-refractivity contribution in [3.8, 4) is 5.75 Å². The molecule has 110 valence electrons. The Labute approximate surface area is 123 Å². The van der Waals surface area contributed by atoms with Gasteiger partial charge in [0, 0.05) is 12.1 Å². The molecule has 21 heavy (non-hydrogen) atoms. The van der Waals surface area contributed by atoms with E-state index >= 15 is 0 Å². The lowest BCUT2D eigenvalue weighted by atomic mass is 10.1. The van der Waals surface area contributed by atoms with E-state index in [9.17, 15) is 9.90 Å². The fourth-order valence-corrected chi connectivity index (χ4v) is 2.08. The molecule has 0 saturated heterocycles. The number of para-hydroxylation sites is 2. The van der Waals surface area contributed by atoms with Crippen LogP contribution in [-0.2, 0) is 0 Å². The number of aliphatic hydroxyl groups excluding tert-OH is 1. The smallest absolute Gasteiger partial charge is 0.258 e. The Morgan fingerprint density at radius 3 is 2.67 bits per heavy atom. The Bertz CT molecular complexity index is 628. The number of anilines is 2. The first-order valence-corrected chi connectivity index (χ1v) is 6.58. The van der Waals surface area contributed by atoms with E-state index in [1.165, 1.54) is 4.90 Å². The van der Waals surface area contributed by atoms with Crippen LogP contribution in [0.4, 0.5) is 11.4 Å². The largest absolute Gasteiger partial charge is 0.497 e. The van der Waals surface area contributed by atoms with Gasteiger partial charge in [0.05, 0.1) is 25.1 Å². The highest BCUT2D eigenvalue weighted by Crippen LogP contribution is 2.25. The van der Waals surface area contributed by atoms with E-state index in [1.54, 1.807) is 55.6 Å². The number of methoxy groups -OCH3 is 1. The Morgan fingerprint density at radius 1 is 1.24 bits per heavy atom. The molecule has 0 unspecified atom stereocenters. The third-order valence-electron chi connectivity index (χ3n) is 3.11. The zero-order valence-electron chi connectivity index (χ0n) is 11.8. The van der Waals surface area contributed by atoms with Gasteiger partial charge in [-0.1, -0.05) is 18.2 Å². The molecule has 2 aromatic carbocycles. The maximum absolute atomic E-state index is 12.7. The SMILES string of the molecule is COc1cccc(C(=O)N(CCO)c2ccccc2N)c1. The lowest BCUT2D eigenvalue weighted by Gasteiger charge is -2.23. The maximum Gasteiger partial charge on any atom is 0.258 e. The Hall–Kier alpha value is -2.53. The number of nitrogens with zero attached hydrogens (tertiary/aromatic N) is 1. The lowest BCUT2D eigenvalue weighted by molar-refractivity contribution is 0.0981. The highest BCUT2D eigenvalue weighted by molar-refractivity contribution is 6.07. The normalized spacial score (nSPS) is 10.2. The van der Waals surface area contributed by atoms with Crippen LogP contribution in [-0.4, -0.2) is 31.3 Å². The highest BCUT2D eigenvalue weighted by Gasteiger charge is 2.19. The first kappa shape index (κ1) is 14.9. The van der Waals surface area contributed by atoms with Gasteiger partial charge in [0.2, 0.25) is 0 Å². The summed E-state index contributed by atoms with van der Waals surface area (Å²) in [6.07, 6.45) is 0. The Kier molecular flexibility index (Phi) is 4.79. The number of hydrogen-bond acceptors (Lipinski definition) is 4. The van der Waals surface area contributed by atoms with Crippen LogP contribution in [0.2, 0.25) is 0 Å². The molecule has 3 N–H and O–H groups in total. The molecule has 0 radical (unpaired) electrons. The number of nitrogen functional groups attached to an aromatic ring is 1. The molecule has 0 bridgehead atoms. The quantitative estimate of drug-likeness (QED) is 0.823. The van der Waals surface area contributed by atoms with Crippen molar-refractivity contribution in [2.45, 2.75) is 0 Å². The average molecular weight is 286 g/mol. The van der Waals surface area contributed by atoms with Crippen LogP contribution < -0.4 is 15.4 Å². The molecule has 0 heterocycles. The monoisotopic (exact) mass is 286 g/mol. The molecule has 0 saturated carbocycles. The molecule has 1 amide bonds. The molecule has 5 nitrogen and oxygen atoms in total. The number of ether oxygens (including phenoxy) is 1. The summed E-state index contributed by atoms with van der Waals surface area (Å²) in [6.45, 7) is 0.0221. The average Bonchev–Trinajstić information content (AvgIpc) is 2.53. The summed E-state index contributed by atoms with van der Waals surface area (Å²) in [7, 11) is 1.55. The van der Waals surface area contributed by atoms with Crippen molar-refractivity contribution in [3.63, 3.8) is 0 Å². The molecule has 0 spiro atoms. The van der Waals surface area contributed by atoms with Crippen molar-refractivity contribution in [2.24, 2.45) is 0 Å². The van der Waals surface area contributed by atoms with Gasteiger partial charge < -0.3 is 20.5 Å². The minimum absolute atomic E-state index is 0.149. The number of hydrogen-bond donors (Lipinski definition) is 2. The van der Waals surface area contributed by atoms with Gasteiger partial charge in [0.15, 0.2) is 0 Å². The van der Waals surface area contributed by atoms with Gasteiger partial charge in [-0.05, 0) is 30.3 Å². The fourth-order valence-electron chi connectivity index (χ4n) is 2.08. The van der Waals surface area contributed by atoms with Crippen LogP contribution in [0.5, 0.6) is 5.75 Å². The zero-order chi connectivity index (χ0) is 15.2. The van der Waals surface area contributed by atoms with Crippen LogP contribution in [0.3, 0.4) is 0 Å². The molecule has 0 aliphatic heterocycles. The second kappa shape index (κ2) is 6.76. The second-order valence-corrected chi connectivity index (χ2v) is 4.47. The van der Waals surface area contributed by atoms with E-state index < -0.39 is 0 Å². The maximum atomic E-state index is 12.7. The number of nitrogens with two attached hydrogens (primary N) is 1. The molecule has 0 aliphatic rings. The van der Waals surface area contributed by atoms with Crippen molar-refractivity contribution in [1.82, 2.24) is 0 Å². The molecule has 0 fully saturated rings. The summed E-state index contributed by atoms with van der Waals surface area (Å²) in [4.78, 5) is 14.1. The van der Waals surface area contributed by atoms with Crippen LogP contribution in [0.25, 0.3) is 0 Å². The predicted octanol–water partition coefficient (Wildman–Crippen LogP) is 1.92. The van der Waals surface area contributed by atoms with E-state index in [0.29, 0.717) is 22.7 Å². The zero-order valence-corrected chi connectivity index (χ0v) is 11.8. The van der Waals surface area contributed by atoms with Gasteiger partial charge in [0.25, 0.3) is 5.91 Å². The van der Waals surface area contributed by atoms with Gasteiger partial charge in [-0.25, -0.2) is 0 Å². The first-order chi connectivity index (χ1) is 10.2. The number of aliphatic hydroxyl groups is 1. The highest BCUT2D eigenvalue weighted by atomic mass is 16.5. The summed E-state index contributed by atoms with van der Waals surface area (Å²) in [5.41, 5.74) is 7.47. The molecule has 0 atom stereocenters. The third kappa shape index (κ3) is 3.32. The topological polar surface area (TPSA) is 75.8 Å². The van der Waals surface area contributed by atoms with Crippen molar-refractivity contribution in [2.75, 3.05) is 30.9 Å². The Balaban J connectivity index is 2.38. The van der Waals surface area contributed by atoms with E-state index in [4.69, 9.17) is 10.5 Å². The molecule has 0 aliphatic carbocycles. The van der Waals surface area contributed by atoms with Gasteiger partial charge in [0.1, 0.15) is 5.75 Å². The van der Waals surface area contributed by atoms with Crippen LogP contribution in [0, 0.1) is 0 Å². The minimum Gasteiger partial charge on any atom is -0.497 e. The standard InChI is InChI=1S/C16H18N2O3/c1-21-13-6-4-5-12(11-13)16(20)18(9-10-19)15-8-3-2-7-14(15)17/h2-8,11,19H,9-10,17H2,1H3. The van der Waals surface area contributed by atoms with Gasteiger partial charge in [-0.3, -0.25) is 4.79 Å². The van der Waals surface area contributed by atoms with E-state index in [0.717, 1.165) is 0 Å². The fraction of sp³-hybridized carbons (Fsp3) is 0.188.